The van der Waals surface area contributed by atoms with Gasteiger partial charge in [-0.3, -0.25) is 14.4 Å². The van der Waals surface area contributed by atoms with Crippen molar-refractivity contribution < 1.29 is 14.4 Å². The van der Waals surface area contributed by atoms with Crippen LogP contribution >= 0.6 is 0 Å². The van der Waals surface area contributed by atoms with E-state index in [1.54, 1.807) is 9.80 Å². The number of nitrogens with two attached hydrogens (primary N) is 1. The minimum atomic E-state index is -0.302. The molecule has 25 heavy (non-hydrogen) atoms. The molecule has 2 aliphatic rings. The first kappa shape index (κ1) is 17.5. The molecule has 2 saturated heterocycles. The van der Waals surface area contributed by atoms with E-state index in [1.165, 1.54) is 5.56 Å². The number of likely N-dealkylation sites (tertiary alicyclic amines) is 1. The van der Waals surface area contributed by atoms with Crippen LogP contribution in [0.1, 0.15) is 31.7 Å². The molecule has 2 N–H and O–H groups in total. The topological polar surface area (TPSA) is 83.7 Å². The summed E-state index contributed by atoms with van der Waals surface area (Å²) in [4.78, 5) is 39.8. The number of hydrogen-bond donors (Lipinski definition) is 1. The van der Waals surface area contributed by atoms with Gasteiger partial charge in [0, 0.05) is 37.7 Å². The van der Waals surface area contributed by atoms with Crippen LogP contribution in [-0.4, -0.2) is 42.3 Å². The van der Waals surface area contributed by atoms with Crippen molar-refractivity contribution in [2.45, 2.75) is 32.6 Å². The molecule has 6 heteroatoms. The van der Waals surface area contributed by atoms with Crippen LogP contribution in [0, 0.1) is 11.8 Å². The third kappa shape index (κ3) is 3.67. The normalized spacial score (nSPS) is 21.6. The average Bonchev–Trinajstić information content (AvgIpc) is 3.03. The van der Waals surface area contributed by atoms with E-state index in [2.05, 4.69) is 6.92 Å². The lowest BCUT2D eigenvalue weighted by Crippen LogP contribution is -2.44. The maximum absolute atomic E-state index is 12.7. The Labute approximate surface area is 148 Å². The van der Waals surface area contributed by atoms with Crippen molar-refractivity contribution in [3.8, 4) is 0 Å². The largest absolute Gasteiger partial charge is 0.369 e. The number of carbonyl (C=O) groups excluding carboxylic acids is 3. The Morgan fingerprint density at radius 3 is 2.32 bits per heavy atom. The number of hydrogen-bond acceptors (Lipinski definition) is 3. The zero-order chi connectivity index (χ0) is 18.0. The molecule has 0 aliphatic carbocycles. The minimum absolute atomic E-state index is 0.00498. The zero-order valence-electron chi connectivity index (χ0n) is 14.6. The molecule has 134 valence electrons. The van der Waals surface area contributed by atoms with Crippen molar-refractivity contribution in [1.82, 2.24) is 4.90 Å². The number of anilines is 1. The van der Waals surface area contributed by atoms with Crippen LogP contribution in [-0.2, 0) is 20.8 Å². The van der Waals surface area contributed by atoms with Crippen molar-refractivity contribution in [3.63, 3.8) is 0 Å². The number of piperidine rings is 1. The molecular formula is C19H25N3O3. The lowest BCUT2D eigenvalue weighted by atomic mass is 9.95. The van der Waals surface area contributed by atoms with Gasteiger partial charge in [-0.2, -0.15) is 0 Å². The number of nitrogens with zero attached hydrogens (tertiary/aromatic N) is 2. The molecule has 0 aromatic heterocycles. The molecule has 1 aromatic carbocycles. The Morgan fingerprint density at radius 2 is 1.76 bits per heavy atom. The van der Waals surface area contributed by atoms with Crippen LogP contribution in [0.5, 0.6) is 0 Å². The second-order valence-electron chi connectivity index (χ2n) is 6.93. The lowest BCUT2D eigenvalue weighted by molar-refractivity contribution is -0.138. The fourth-order valence-electron chi connectivity index (χ4n) is 3.68. The summed E-state index contributed by atoms with van der Waals surface area (Å²) < 4.78 is 0. The first-order valence-corrected chi connectivity index (χ1v) is 8.97. The fourth-order valence-corrected chi connectivity index (χ4v) is 3.68. The van der Waals surface area contributed by atoms with Crippen molar-refractivity contribution >= 4 is 23.4 Å². The number of carbonyl (C=O) groups is 3. The third-order valence-corrected chi connectivity index (χ3v) is 5.34. The van der Waals surface area contributed by atoms with E-state index in [1.807, 2.05) is 24.3 Å². The van der Waals surface area contributed by atoms with Crippen molar-refractivity contribution in [3.05, 3.63) is 29.8 Å². The van der Waals surface area contributed by atoms with E-state index < -0.39 is 0 Å². The maximum atomic E-state index is 12.7. The summed E-state index contributed by atoms with van der Waals surface area (Å²) in [6, 6.07) is 7.93. The van der Waals surface area contributed by atoms with Gasteiger partial charge in [0.1, 0.15) is 0 Å². The predicted molar refractivity (Wildman–Crippen MR) is 94.8 cm³/mol. The Balaban J connectivity index is 1.62. The highest BCUT2D eigenvalue weighted by atomic mass is 16.2. The molecule has 3 amide bonds. The van der Waals surface area contributed by atoms with Crippen LogP contribution in [0.15, 0.2) is 24.3 Å². The van der Waals surface area contributed by atoms with E-state index in [4.69, 9.17) is 5.73 Å². The van der Waals surface area contributed by atoms with Gasteiger partial charge in [-0.05, 0) is 37.0 Å². The number of aryl methyl sites for hydroxylation is 1. The van der Waals surface area contributed by atoms with E-state index in [0.29, 0.717) is 32.5 Å². The Bertz CT molecular complexity index is 663. The van der Waals surface area contributed by atoms with Crippen LogP contribution in [0.25, 0.3) is 0 Å². The number of primary amides is 1. The summed E-state index contributed by atoms with van der Waals surface area (Å²) in [6.45, 7) is 3.61. The smallest absolute Gasteiger partial charge is 0.228 e. The summed E-state index contributed by atoms with van der Waals surface area (Å²) in [5.74, 6) is -0.713. The molecule has 0 radical (unpaired) electrons. The molecule has 0 bridgehead atoms. The fraction of sp³-hybridized carbons (Fsp3) is 0.526. The summed E-state index contributed by atoms with van der Waals surface area (Å²) in [7, 11) is 0. The van der Waals surface area contributed by atoms with E-state index in [-0.39, 0.29) is 36.0 Å². The summed E-state index contributed by atoms with van der Waals surface area (Å²) in [5.41, 5.74) is 7.41. The molecule has 2 fully saturated rings. The highest BCUT2D eigenvalue weighted by Crippen LogP contribution is 2.28. The average molecular weight is 343 g/mol. The first-order chi connectivity index (χ1) is 12.0. The Kier molecular flexibility index (Phi) is 5.06. The van der Waals surface area contributed by atoms with Gasteiger partial charge in [0.15, 0.2) is 0 Å². The standard InChI is InChI=1S/C19H25N3O3/c1-2-13-3-5-16(6-4-13)22-12-15(11-17(22)23)19(25)21-9-7-14(8-10-21)18(20)24/h3-6,14-15H,2,7-12H2,1H3,(H2,20,24). The van der Waals surface area contributed by atoms with Crippen molar-refractivity contribution in [2.75, 3.05) is 24.5 Å². The second kappa shape index (κ2) is 7.25. The number of rotatable bonds is 4. The van der Waals surface area contributed by atoms with Crippen LogP contribution in [0.4, 0.5) is 5.69 Å². The van der Waals surface area contributed by atoms with Gasteiger partial charge < -0.3 is 15.5 Å². The van der Waals surface area contributed by atoms with E-state index in [0.717, 1.165) is 12.1 Å². The van der Waals surface area contributed by atoms with E-state index >= 15 is 0 Å². The molecule has 0 saturated carbocycles. The third-order valence-electron chi connectivity index (χ3n) is 5.34. The lowest BCUT2D eigenvalue weighted by Gasteiger charge is -2.32. The summed E-state index contributed by atoms with van der Waals surface area (Å²) in [5, 5.41) is 0. The molecule has 1 atom stereocenters. The molecule has 3 rings (SSSR count). The van der Waals surface area contributed by atoms with Crippen LogP contribution in [0.2, 0.25) is 0 Å². The molecule has 1 unspecified atom stereocenters. The van der Waals surface area contributed by atoms with Crippen molar-refractivity contribution in [1.29, 1.82) is 0 Å². The quantitative estimate of drug-likeness (QED) is 0.895. The van der Waals surface area contributed by atoms with Gasteiger partial charge in [0.2, 0.25) is 17.7 Å². The highest BCUT2D eigenvalue weighted by molar-refractivity contribution is 6.00. The SMILES string of the molecule is CCc1ccc(N2CC(C(=O)N3CCC(C(N)=O)CC3)CC2=O)cc1. The number of amides is 3. The van der Waals surface area contributed by atoms with Crippen LogP contribution in [0.3, 0.4) is 0 Å². The summed E-state index contributed by atoms with van der Waals surface area (Å²) in [6.07, 6.45) is 2.44. The van der Waals surface area contributed by atoms with Gasteiger partial charge in [-0.25, -0.2) is 0 Å². The van der Waals surface area contributed by atoms with Gasteiger partial charge >= 0.3 is 0 Å². The van der Waals surface area contributed by atoms with E-state index in [9.17, 15) is 14.4 Å². The predicted octanol–water partition coefficient (Wildman–Crippen LogP) is 1.33. The van der Waals surface area contributed by atoms with Gasteiger partial charge in [0.25, 0.3) is 0 Å². The van der Waals surface area contributed by atoms with Gasteiger partial charge in [-0.15, -0.1) is 0 Å². The summed E-state index contributed by atoms with van der Waals surface area (Å²) >= 11 is 0. The number of benzene rings is 1. The van der Waals surface area contributed by atoms with Crippen molar-refractivity contribution in [2.24, 2.45) is 17.6 Å². The molecule has 2 heterocycles. The second-order valence-corrected chi connectivity index (χ2v) is 6.93. The molecule has 2 aliphatic heterocycles. The maximum Gasteiger partial charge on any atom is 0.228 e. The van der Waals surface area contributed by atoms with Crippen LogP contribution < -0.4 is 10.6 Å². The Hall–Kier alpha value is -2.37. The minimum Gasteiger partial charge on any atom is -0.369 e. The highest BCUT2D eigenvalue weighted by Gasteiger charge is 2.38. The molecule has 0 spiro atoms. The molecular weight excluding hydrogens is 318 g/mol. The van der Waals surface area contributed by atoms with Gasteiger partial charge in [0.05, 0.1) is 5.92 Å². The monoisotopic (exact) mass is 343 g/mol. The zero-order valence-corrected chi connectivity index (χ0v) is 14.6. The first-order valence-electron chi connectivity index (χ1n) is 8.97. The molecule has 6 nitrogen and oxygen atoms in total. The Morgan fingerprint density at radius 1 is 1.12 bits per heavy atom. The van der Waals surface area contributed by atoms with Gasteiger partial charge in [-0.1, -0.05) is 19.1 Å². The molecule has 1 aromatic rings.